The number of hydrazine groups is 1. The highest BCUT2D eigenvalue weighted by atomic mass is 35.5. The van der Waals surface area contributed by atoms with E-state index in [1.165, 1.54) is 19.3 Å². The van der Waals surface area contributed by atoms with Crippen molar-refractivity contribution in [3.05, 3.63) is 33.8 Å². The van der Waals surface area contributed by atoms with Crippen LogP contribution in [-0.2, 0) is 0 Å². The van der Waals surface area contributed by atoms with Crippen LogP contribution in [0.2, 0.25) is 10.0 Å². The van der Waals surface area contributed by atoms with Crippen LogP contribution in [0.4, 0.5) is 0 Å². The number of nitrogens with two attached hydrogens (primary N) is 1. The first-order chi connectivity index (χ1) is 9.01. The van der Waals surface area contributed by atoms with Gasteiger partial charge in [-0.25, -0.2) is 0 Å². The molecule has 19 heavy (non-hydrogen) atoms. The Kier molecular flexibility index (Phi) is 5.13. The Balaban J connectivity index is 2.26. The summed E-state index contributed by atoms with van der Waals surface area (Å²) in [6, 6.07) is 5.67. The van der Waals surface area contributed by atoms with Crippen LogP contribution in [0, 0.1) is 17.8 Å². The molecule has 3 unspecified atom stereocenters. The molecule has 1 fully saturated rings. The second-order valence-electron chi connectivity index (χ2n) is 5.99. The van der Waals surface area contributed by atoms with Crippen molar-refractivity contribution >= 4 is 23.2 Å². The van der Waals surface area contributed by atoms with E-state index in [1.54, 1.807) is 0 Å². The smallest absolute Gasteiger partial charge is 0.0503 e. The van der Waals surface area contributed by atoms with Gasteiger partial charge in [0.05, 0.1) is 6.04 Å². The topological polar surface area (TPSA) is 38.0 Å². The lowest BCUT2D eigenvalue weighted by atomic mass is 9.72. The zero-order chi connectivity index (χ0) is 14.0. The predicted molar refractivity (Wildman–Crippen MR) is 82.2 cm³/mol. The van der Waals surface area contributed by atoms with Crippen LogP contribution in [0.15, 0.2) is 18.2 Å². The molecule has 1 aliphatic rings. The Bertz CT molecular complexity index is 426. The highest BCUT2D eigenvalue weighted by molar-refractivity contribution is 6.33. The second kappa shape index (κ2) is 6.45. The van der Waals surface area contributed by atoms with Gasteiger partial charge in [-0.3, -0.25) is 11.3 Å². The highest BCUT2D eigenvalue weighted by Crippen LogP contribution is 2.41. The van der Waals surface area contributed by atoms with E-state index in [-0.39, 0.29) is 6.04 Å². The van der Waals surface area contributed by atoms with Gasteiger partial charge >= 0.3 is 0 Å². The molecule has 1 aromatic carbocycles. The molecule has 0 amide bonds. The first kappa shape index (κ1) is 15.1. The molecule has 0 bridgehead atoms. The number of rotatable bonds is 3. The fourth-order valence-electron chi connectivity index (χ4n) is 3.51. The summed E-state index contributed by atoms with van der Waals surface area (Å²) in [5.74, 6) is 7.78. The molecule has 1 aromatic rings. The van der Waals surface area contributed by atoms with Crippen LogP contribution in [0.25, 0.3) is 0 Å². The molecule has 4 heteroatoms. The summed E-state index contributed by atoms with van der Waals surface area (Å²) in [6.45, 7) is 4.63. The van der Waals surface area contributed by atoms with E-state index in [4.69, 9.17) is 29.0 Å². The Morgan fingerprint density at radius 1 is 1.16 bits per heavy atom. The molecule has 0 saturated heterocycles. The third-order valence-electron chi connectivity index (χ3n) is 4.16. The quantitative estimate of drug-likeness (QED) is 0.634. The van der Waals surface area contributed by atoms with Crippen molar-refractivity contribution in [1.29, 1.82) is 0 Å². The molecule has 0 heterocycles. The fraction of sp³-hybridized carbons (Fsp3) is 0.600. The van der Waals surface area contributed by atoms with Gasteiger partial charge in [0.2, 0.25) is 0 Å². The molecule has 0 spiro atoms. The minimum absolute atomic E-state index is 0.0800. The first-order valence-electron chi connectivity index (χ1n) is 6.92. The monoisotopic (exact) mass is 300 g/mol. The minimum atomic E-state index is 0.0800. The molecule has 3 N–H and O–H groups in total. The van der Waals surface area contributed by atoms with E-state index in [0.717, 1.165) is 22.4 Å². The van der Waals surface area contributed by atoms with E-state index < -0.39 is 0 Å². The lowest BCUT2D eigenvalue weighted by Crippen LogP contribution is -2.37. The van der Waals surface area contributed by atoms with Gasteiger partial charge in [0.15, 0.2) is 0 Å². The van der Waals surface area contributed by atoms with E-state index in [0.29, 0.717) is 10.9 Å². The number of benzene rings is 1. The number of hydrogen-bond acceptors (Lipinski definition) is 2. The van der Waals surface area contributed by atoms with Gasteiger partial charge in [-0.2, -0.15) is 0 Å². The SMILES string of the molecule is CC1CC(C)CC(C(NN)c2cc(Cl)ccc2Cl)C1. The van der Waals surface area contributed by atoms with E-state index in [1.807, 2.05) is 18.2 Å². The lowest BCUT2D eigenvalue weighted by molar-refractivity contribution is 0.177. The molecule has 1 aliphatic carbocycles. The molecule has 1 saturated carbocycles. The summed E-state index contributed by atoms with van der Waals surface area (Å²) in [5, 5.41) is 1.44. The van der Waals surface area contributed by atoms with E-state index >= 15 is 0 Å². The standard InChI is InChI=1S/C15H22Cl2N2/c1-9-5-10(2)7-11(6-9)15(19-18)13-8-12(16)3-4-14(13)17/h3-4,8-11,15,19H,5-7,18H2,1-2H3. The molecular weight excluding hydrogens is 279 g/mol. The van der Waals surface area contributed by atoms with Crippen LogP contribution in [-0.4, -0.2) is 0 Å². The van der Waals surface area contributed by atoms with Gasteiger partial charge in [-0.05, 0) is 60.8 Å². The van der Waals surface area contributed by atoms with Gasteiger partial charge in [-0.1, -0.05) is 37.0 Å². The summed E-state index contributed by atoms with van der Waals surface area (Å²) in [5.41, 5.74) is 3.97. The van der Waals surface area contributed by atoms with Crippen LogP contribution in [0.5, 0.6) is 0 Å². The molecule has 106 valence electrons. The number of hydrogen-bond donors (Lipinski definition) is 2. The zero-order valence-electron chi connectivity index (χ0n) is 11.5. The first-order valence-corrected chi connectivity index (χ1v) is 7.68. The van der Waals surface area contributed by atoms with Gasteiger partial charge < -0.3 is 0 Å². The molecule has 0 aromatic heterocycles. The van der Waals surface area contributed by atoms with E-state index in [2.05, 4.69) is 19.3 Å². The largest absolute Gasteiger partial charge is 0.271 e. The van der Waals surface area contributed by atoms with Gasteiger partial charge in [0, 0.05) is 10.0 Å². The summed E-state index contributed by atoms with van der Waals surface area (Å²) in [4.78, 5) is 0. The third-order valence-corrected chi connectivity index (χ3v) is 4.74. The Hall–Kier alpha value is -0.280. The van der Waals surface area contributed by atoms with Crippen molar-refractivity contribution in [2.24, 2.45) is 23.6 Å². The van der Waals surface area contributed by atoms with Crippen molar-refractivity contribution in [2.45, 2.75) is 39.2 Å². The lowest BCUT2D eigenvalue weighted by Gasteiger charge is -2.36. The van der Waals surface area contributed by atoms with Crippen LogP contribution in [0.1, 0.15) is 44.7 Å². The summed E-state index contributed by atoms with van der Waals surface area (Å²) < 4.78 is 0. The normalized spacial score (nSPS) is 29.2. The molecule has 3 atom stereocenters. The maximum Gasteiger partial charge on any atom is 0.0503 e. The Labute approximate surface area is 125 Å². The highest BCUT2D eigenvalue weighted by Gasteiger charge is 2.31. The summed E-state index contributed by atoms with van der Waals surface area (Å²) in [6.07, 6.45) is 3.67. The molecule has 0 aliphatic heterocycles. The predicted octanol–water partition coefficient (Wildman–Crippen LogP) is 4.57. The van der Waals surface area contributed by atoms with Crippen LogP contribution >= 0.6 is 23.2 Å². The zero-order valence-corrected chi connectivity index (χ0v) is 13.0. The third kappa shape index (κ3) is 3.63. The molecular formula is C15H22Cl2N2. The Morgan fingerprint density at radius 2 is 1.79 bits per heavy atom. The van der Waals surface area contributed by atoms with Crippen LogP contribution < -0.4 is 11.3 Å². The molecule has 2 rings (SSSR count). The maximum absolute atomic E-state index is 6.31. The van der Waals surface area contributed by atoms with Gasteiger partial charge in [-0.15, -0.1) is 0 Å². The second-order valence-corrected chi connectivity index (χ2v) is 6.83. The van der Waals surface area contributed by atoms with Crippen molar-refractivity contribution in [1.82, 2.24) is 5.43 Å². The van der Waals surface area contributed by atoms with Crippen molar-refractivity contribution in [3.63, 3.8) is 0 Å². The van der Waals surface area contributed by atoms with Crippen molar-refractivity contribution < 1.29 is 0 Å². The molecule has 0 radical (unpaired) electrons. The maximum atomic E-state index is 6.31. The number of nitrogens with one attached hydrogen (secondary N) is 1. The number of halogens is 2. The minimum Gasteiger partial charge on any atom is -0.271 e. The fourth-order valence-corrected chi connectivity index (χ4v) is 3.93. The summed E-state index contributed by atoms with van der Waals surface area (Å²) >= 11 is 12.4. The average Bonchev–Trinajstić information content (AvgIpc) is 2.33. The van der Waals surface area contributed by atoms with Crippen LogP contribution in [0.3, 0.4) is 0 Å². The summed E-state index contributed by atoms with van der Waals surface area (Å²) in [7, 11) is 0. The molecule has 2 nitrogen and oxygen atoms in total. The van der Waals surface area contributed by atoms with Gasteiger partial charge in [0.25, 0.3) is 0 Å². The van der Waals surface area contributed by atoms with E-state index in [9.17, 15) is 0 Å². The van der Waals surface area contributed by atoms with Gasteiger partial charge in [0.1, 0.15) is 0 Å². The van der Waals surface area contributed by atoms with Crippen molar-refractivity contribution in [3.8, 4) is 0 Å². The average molecular weight is 301 g/mol. The Morgan fingerprint density at radius 3 is 2.37 bits per heavy atom. The van der Waals surface area contributed by atoms with Crippen molar-refractivity contribution in [2.75, 3.05) is 0 Å².